The van der Waals surface area contributed by atoms with Crippen LogP contribution in [0.4, 0.5) is 17.1 Å². The lowest BCUT2D eigenvalue weighted by molar-refractivity contribution is 0.668. The average Bonchev–Trinajstić information content (AvgIpc) is 3.68. The van der Waals surface area contributed by atoms with E-state index in [1.807, 2.05) is 54.6 Å². The lowest BCUT2D eigenvalue weighted by atomic mass is 10.1. The van der Waals surface area contributed by atoms with E-state index in [9.17, 15) is 0 Å². The van der Waals surface area contributed by atoms with Crippen LogP contribution in [0.3, 0.4) is 0 Å². The lowest BCUT2D eigenvalue weighted by Gasteiger charge is -2.26. The third-order valence-electron chi connectivity index (χ3n) is 7.56. The van der Waals surface area contributed by atoms with Crippen molar-refractivity contribution in [3.8, 4) is 0 Å². The van der Waals surface area contributed by atoms with E-state index >= 15 is 0 Å². The van der Waals surface area contributed by atoms with Gasteiger partial charge >= 0.3 is 0 Å². The van der Waals surface area contributed by atoms with Gasteiger partial charge in [0.2, 0.25) is 0 Å². The Labute approximate surface area is 226 Å². The quantitative estimate of drug-likeness (QED) is 0.232. The Kier molecular flexibility index (Phi) is 4.24. The van der Waals surface area contributed by atoms with E-state index in [-0.39, 0.29) is 0 Å². The largest absolute Gasteiger partial charge is 0.456 e. The zero-order valence-electron chi connectivity index (χ0n) is 21.0. The van der Waals surface area contributed by atoms with Gasteiger partial charge in [0.05, 0.1) is 11.1 Å². The van der Waals surface area contributed by atoms with Gasteiger partial charge in [-0.2, -0.15) is 0 Å². The molecule has 0 saturated carbocycles. The van der Waals surface area contributed by atoms with Crippen molar-refractivity contribution in [2.24, 2.45) is 0 Å². The molecule has 0 aliphatic rings. The molecule has 0 atom stereocenters. The first-order chi connectivity index (χ1) is 19.8. The van der Waals surface area contributed by atoms with Gasteiger partial charge in [0.25, 0.3) is 0 Å². The maximum Gasteiger partial charge on any atom is 0.153 e. The molecule has 6 heteroatoms. The minimum atomic E-state index is 0.764. The highest BCUT2D eigenvalue weighted by atomic mass is 16.3. The summed E-state index contributed by atoms with van der Waals surface area (Å²) in [5.41, 5.74) is 9.34. The zero-order valence-corrected chi connectivity index (χ0v) is 21.0. The third-order valence-corrected chi connectivity index (χ3v) is 7.56. The van der Waals surface area contributed by atoms with Crippen LogP contribution in [-0.4, -0.2) is 9.97 Å². The van der Waals surface area contributed by atoms with E-state index in [0.29, 0.717) is 0 Å². The van der Waals surface area contributed by atoms with Gasteiger partial charge in [-0.1, -0.05) is 24.3 Å². The van der Waals surface area contributed by atoms with Gasteiger partial charge < -0.3 is 18.2 Å². The first kappa shape index (κ1) is 21.3. The van der Waals surface area contributed by atoms with Crippen molar-refractivity contribution in [2.45, 2.75) is 0 Å². The number of furan rings is 3. The summed E-state index contributed by atoms with van der Waals surface area (Å²) in [6, 6.07) is 34.5. The molecule has 5 heterocycles. The van der Waals surface area contributed by atoms with Gasteiger partial charge in [-0.15, -0.1) is 0 Å². The molecule has 0 amide bonds. The molecule has 0 fully saturated rings. The Balaban J connectivity index is 1.35. The molecule has 0 bridgehead atoms. The molecular formula is C34H19N3O3. The molecule has 5 aromatic heterocycles. The summed E-state index contributed by atoms with van der Waals surface area (Å²) in [5.74, 6) is 0. The van der Waals surface area contributed by atoms with Crippen LogP contribution in [-0.2, 0) is 0 Å². The van der Waals surface area contributed by atoms with Crippen molar-refractivity contribution < 1.29 is 13.3 Å². The molecule has 0 spiro atoms. The van der Waals surface area contributed by atoms with Gasteiger partial charge in [0.1, 0.15) is 33.4 Å². The number of anilines is 3. The fraction of sp³-hybridized carbons (Fsp3) is 0. The van der Waals surface area contributed by atoms with Gasteiger partial charge in [-0.25, -0.2) is 0 Å². The van der Waals surface area contributed by atoms with Crippen molar-refractivity contribution in [2.75, 3.05) is 4.90 Å². The van der Waals surface area contributed by atoms with Gasteiger partial charge in [-0.3, -0.25) is 9.97 Å². The molecule has 4 aromatic carbocycles. The molecular weight excluding hydrogens is 498 g/mol. The normalized spacial score (nSPS) is 12.0. The fourth-order valence-electron chi connectivity index (χ4n) is 5.82. The van der Waals surface area contributed by atoms with E-state index < -0.39 is 0 Å². The number of rotatable bonds is 3. The topological polar surface area (TPSA) is 68.4 Å². The molecule has 0 N–H and O–H groups in total. The molecule has 9 rings (SSSR count). The molecule has 6 nitrogen and oxygen atoms in total. The molecule has 0 unspecified atom stereocenters. The molecule has 0 saturated heterocycles. The molecule has 40 heavy (non-hydrogen) atoms. The second-order valence-electron chi connectivity index (χ2n) is 9.85. The number of nitrogens with zero attached hydrogens (tertiary/aromatic N) is 3. The standard InChI is InChI=1S/C34H19N3O3/c1-2-8-26-22(6-1)32-25(7-3-9-27(32)38-26)37(20-12-14-23-30(18-20)39-28-10-4-16-35-33(23)28)21-13-15-24-31(19-21)40-29-11-5-17-36-34(24)29/h1-19H. The maximum absolute atomic E-state index is 6.26. The van der Waals surface area contributed by atoms with Gasteiger partial charge in [0.15, 0.2) is 11.2 Å². The van der Waals surface area contributed by atoms with Crippen molar-refractivity contribution in [3.63, 3.8) is 0 Å². The lowest BCUT2D eigenvalue weighted by Crippen LogP contribution is -2.10. The number of aromatic nitrogens is 2. The summed E-state index contributed by atoms with van der Waals surface area (Å²) in [7, 11) is 0. The third kappa shape index (κ3) is 2.98. The zero-order chi connectivity index (χ0) is 26.2. The van der Waals surface area contributed by atoms with Crippen LogP contribution in [0.5, 0.6) is 0 Å². The predicted molar refractivity (Wildman–Crippen MR) is 159 cm³/mol. The van der Waals surface area contributed by atoms with Crippen LogP contribution < -0.4 is 4.90 Å². The van der Waals surface area contributed by atoms with Crippen molar-refractivity contribution in [1.82, 2.24) is 9.97 Å². The number of para-hydroxylation sites is 1. The van der Waals surface area contributed by atoms with Crippen LogP contribution in [0, 0.1) is 0 Å². The minimum Gasteiger partial charge on any atom is -0.456 e. The first-order valence-electron chi connectivity index (χ1n) is 13.1. The summed E-state index contributed by atoms with van der Waals surface area (Å²) >= 11 is 0. The highest BCUT2D eigenvalue weighted by Crippen LogP contribution is 2.45. The van der Waals surface area contributed by atoms with Crippen LogP contribution in [0.15, 0.2) is 129 Å². The monoisotopic (exact) mass is 517 g/mol. The van der Waals surface area contributed by atoms with Crippen LogP contribution in [0.2, 0.25) is 0 Å². The predicted octanol–water partition coefficient (Wildman–Crippen LogP) is 9.64. The summed E-state index contributed by atoms with van der Waals surface area (Å²) in [6.45, 7) is 0. The highest BCUT2D eigenvalue weighted by molar-refractivity contribution is 6.14. The Bertz CT molecular complexity index is 2300. The second kappa shape index (κ2) is 7.94. The molecule has 0 aliphatic heterocycles. The van der Waals surface area contributed by atoms with Crippen LogP contribution in [0.25, 0.3) is 66.1 Å². The fourth-order valence-corrected chi connectivity index (χ4v) is 5.82. The summed E-state index contributed by atoms with van der Waals surface area (Å²) in [4.78, 5) is 11.3. The number of fused-ring (bicyclic) bond motifs is 9. The Morgan fingerprint density at radius 2 is 1.02 bits per heavy atom. The summed E-state index contributed by atoms with van der Waals surface area (Å²) in [5, 5.41) is 4.05. The van der Waals surface area contributed by atoms with E-state index in [2.05, 4.69) is 63.4 Å². The molecule has 0 radical (unpaired) electrons. The van der Waals surface area contributed by atoms with E-state index in [4.69, 9.17) is 13.3 Å². The number of pyridine rings is 2. The smallest absolute Gasteiger partial charge is 0.153 e. The maximum atomic E-state index is 6.26. The number of benzene rings is 4. The Morgan fingerprint density at radius 3 is 1.70 bits per heavy atom. The van der Waals surface area contributed by atoms with Crippen molar-refractivity contribution in [1.29, 1.82) is 0 Å². The van der Waals surface area contributed by atoms with Gasteiger partial charge in [-0.05, 0) is 66.7 Å². The average molecular weight is 518 g/mol. The Morgan fingerprint density at radius 1 is 0.450 bits per heavy atom. The van der Waals surface area contributed by atoms with E-state index in [1.54, 1.807) is 12.4 Å². The van der Waals surface area contributed by atoms with E-state index in [1.165, 1.54) is 0 Å². The van der Waals surface area contributed by atoms with Crippen molar-refractivity contribution in [3.05, 3.63) is 116 Å². The van der Waals surface area contributed by atoms with Crippen LogP contribution in [0.1, 0.15) is 0 Å². The second-order valence-corrected chi connectivity index (χ2v) is 9.85. The molecule has 0 aliphatic carbocycles. The van der Waals surface area contributed by atoms with Gasteiger partial charge in [0, 0.05) is 52.1 Å². The number of hydrogen-bond donors (Lipinski definition) is 0. The van der Waals surface area contributed by atoms with E-state index in [0.717, 1.165) is 83.1 Å². The van der Waals surface area contributed by atoms with Crippen LogP contribution >= 0.6 is 0 Å². The molecule has 9 aromatic rings. The summed E-state index contributed by atoms with van der Waals surface area (Å²) < 4.78 is 18.7. The SMILES string of the molecule is c1ccc2c(c1)oc1cccc(N(c3ccc4c(c3)oc3cccnc34)c3ccc4c(c3)oc3cccnc34)c12. The van der Waals surface area contributed by atoms with Crippen molar-refractivity contribution >= 4 is 83.1 Å². The highest BCUT2D eigenvalue weighted by Gasteiger charge is 2.21. The summed E-state index contributed by atoms with van der Waals surface area (Å²) in [6.07, 6.45) is 3.58. The first-order valence-corrected chi connectivity index (χ1v) is 13.1. The molecule has 188 valence electrons. The Hall–Kier alpha value is -5.62. The minimum absolute atomic E-state index is 0.764. The number of hydrogen-bond acceptors (Lipinski definition) is 6.